The van der Waals surface area contributed by atoms with Crippen molar-refractivity contribution in [1.29, 1.82) is 0 Å². The first-order valence-electron chi connectivity index (χ1n) is 10.6. The molecule has 0 atom stereocenters. The number of carbonyl (C=O) groups excluding carboxylic acids is 3. The van der Waals surface area contributed by atoms with Gasteiger partial charge in [0, 0.05) is 54.9 Å². The second kappa shape index (κ2) is 14.2. The number of benzene rings is 3. The standard InChI is InChI=1S/3C9H11NO/c1-7(11)8-3-5-9(10-2)6-4-8;1-7(11)8-4-3-5-9(6-8)10-2;1-7(11)8-5-3-4-6-9(8)10-2/h3*3-6,10H,1-2H3. The topological polar surface area (TPSA) is 87.3 Å². The lowest BCUT2D eigenvalue weighted by Gasteiger charge is -2.03. The van der Waals surface area contributed by atoms with Crippen molar-refractivity contribution in [3.8, 4) is 0 Å². The van der Waals surface area contributed by atoms with Gasteiger partial charge in [-0.25, -0.2) is 0 Å². The molecule has 0 unspecified atom stereocenters. The molecular weight excluding hydrogens is 414 g/mol. The Balaban J connectivity index is 0.000000247. The van der Waals surface area contributed by atoms with Crippen molar-refractivity contribution in [2.24, 2.45) is 0 Å². The summed E-state index contributed by atoms with van der Waals surface area (Å²) in [6.07, 6.45) is 0. The van der Waals surface area contributed by atoms with E-state index in [1.807, 2.05) is 93.9 Å². The van der Waals surface area contributed by atoms with Crippen LogP contribution in [0.2, 0.25) is 0 Å². The van der Waals surface area contributed by atoms with Gasteiger partial charge in [0.25, 0.3) is 0 Å². The Hall–Kier alpha value is -3.93. The molecule has 0 heterocycles. The van der Waals surface area contributed by atoms with Gasteiger partial charge in [0.15, 0.2) is 17.3 Å². The number of rotatable bonds is 6. The van der Waals surface area contributed by atoms with E-state index in [2.05, 4.69) is 16.0 Å². The molecule has 6 nitrogen and oxygen atoms in total. The zero-order valence-corrected chi connectivity index (χ0v) is 20.2. The van der Waals surface area contributed by atoms with Crippen LogP contribution in [0.4, 0.5) is 17.1 Å². The van der Waals surface area contributed by atoms with Gasteiger partial charge in [-0.05, 0) is 69.3 Å². The highest BCUT2D eigenvalue weighted by molar-refractivity contribution is 5.99. The molecule has 3 aromatic carbocycles. The number of para-hydroxylation sites is 1. The van der Waals surface area contributed by atoms with Crippen LogP contribution >= 0.6 is 0 Å². The van der Waals surface area contributed by atoms with Gasteiger partial charge in [-0.1, -0.05) is 24.3 Å². The molecule has 3 aromatic rings. The Kier molecular flexibility index (Phi) is 11.7. The molecule has 3 rings (SSSR count). The predicted octanol–water partition coefficient (Wildman–Crippen LogP) is 5.79. The molecule has 0 amide bonds. The summed E-state index contributed by atoms with van der Waals surface area (Å²) in [4.78, 5) is 32.7. The Morgan fingerprint density at radius 2 is 1.12 bits per heavy atom. The number of ketones is 3. The molecule has 0 aromatic heterocycles. The number of hydrogen-bond donors (Lipinski definition) is 3. The summed E-state index contributed by atoms with van der Waals surface area (Å²) >= 11 is 0. The first-order valence-corrected chi connectivity index (χ1v) is 10.6. The maximum Gasteiger partial charge on any atom is 0.161 e. The van der Waals surface area contributed by atoms with Gasteiger partial charge < -0.3 is 16.0 Å². The molecular formula is C27H33N3O3. The van der Waals surface area contributed by atoms with E-state index in [1.54, 1.807) is 20.8 Å². The van der Waals surface area contributed by atoms with Gasteiger partial charge >= 0.3 is 0 Å². The van der Waals surface area contributed by atoms with E-state index >= 15 is 0 Å². The Labute approximate surface area is 196 Å². The highest BCUT2D eigenvalue weighted by Gasteiger charge is 2.02. The molecule has 0 radical (unpaired) electrons. The van der Waals surface area contributed by atoms with Crippen molar-refractivity contribution in [3.05, 3.63) is 89.5 Å². The van der Waals surface area contributed by atoms with E-state index < -0.39 is 0 Å². The fraction of sp³-hybridized carbons (Fsp3) is 0.222. The molecule has 33 heavy (non-hydrogen) atoms. The van der Waals surface area contributed by atoms with Crippen LogP contribution in [-0.2, 0) is 0 Å². The first kappa shape index (κ1) is 27.1. The van der Waals surface area contributed by atoms with Gasteiger partial charge in [-0.3, -0.25) is 14.4 Å². The van der Waals surface area contributed by atoms with Crippen LogP contribution in [0, 0.1) is 0 Å². The van der Waals surface area contributed by atoms with Gasteiger partial charge in [0.1, 0.15) is 0 Å². The van der Waals surface area contributed by atoms with Crippen molar-refractivity contribution >= 4 is 34.4 Å². The minimum atomic E-state index is 0.0925. The molecule has 0 saturated carbocycles. The van der Waals surface area contributed by atoms with E-state index in [-0.39, 0.29) is 17.3 Å². The minimum absolute atomic E-state index is 0.0925. The van der Waals surface area contributed by atoms with Crippen LogP contribution in [0.5, 0.6) is 0 Å². The average Bonchev–Trinajstić information content (AvgIpc) is 2.84. The minimum Gasteiger partial charge on any atom is -0.388 e. The lowest BCUT2D eigenvalue weighted by molar-refractivity contribution is 0.100. The van der Waals surface area contributed by atoms with Crippen LogP contribution in [-0.4, -0.2) is 38.5 Å². The van der Waals surface area contributed by atoms with Gasteiger partial charge in [-0.2, -0.15) is 0 Å². The Bertz CT molecular complexity index is 1060. The maximum absolute atomic E-state index is 11.0. The quantitative estimate of drug-likeness (QED) is 0.415. The highest BCUT2D eigenvalue weighted by Crippen LogP contribution is 2.14. The molecule has 0 aliphatic carbocycles. The summed E-state index contributed by atoms with van der Waals surface area (Å²) in [7, 11) is 5.49. The van der Waals surface area contributed by atoms with E-state index in [1.165, 1.54) is 0 Å². The largest absolute Gasteiger partial charge is 0.388 e. The molecule has 3 N–H and O–H groups in total. The second-order valence-corrected chi connectivity index (χ2v) is 7.12. The fourth-order valence-electron chi connectivity index (χ4n) is 2.77. The number of carbonyl (C=O) groups is 3. The zero-order chi connectivity index (χ0) is 24.8. The molecule has 0 saturated heterocycles. The molecule has 0 spiro atoms. The molecule has 174 valence electrons. The van der Waals surface area contributed by atoms with Gasteiger partial charge in [-0.15, -0.1) is 0 Å². The molecule has 0 fully saturated rings. The van der Waals surface area contributed by atoms with Crippen LogP contribution in [0.25, 0.3) is 0 Å². The highest BCUT2D eigenvalue weighted by atomic mass is 16.1. The third kappa shape index (κ3) is 9.39. The normalized spacial score (nSPS) is 9.27. The van der Waals surface area contributed by atoms with E-state index in [0.717, 1.165) is 33.8 Å². The first-order chi connectivity index (χ1) is 15.7. The van der Waals surface area contributed by atoms with Gasteiger partial charge in [0.05, 0.1) is 0 Å². The number of Topliss-reactive ketones (excluding diaryl/α,β-unsaturated/α-hetero) is 3. The summed E-state index contributed by atoms with van der Waals surface area (Å²) in [6.45, 7) is 4.69. The summed E-state index contributed by atoms with van der Waals surface area (Å²) in [5.41, 5.74) is 5.13. The van der Waals surface area contributed by atoms with Crippen LogP contribution < -0.4 is 16.0 Å². The van der Waals surface area contributed by atoms with Crippen molar-refractivity contribution in [2.75, 3.05) is 37.1 Å². The summed E-state index contributed by atoms with van der Waals surface area (Å²) < 4.78 is 0. The van der Waals surface area contributed by atoms with Crippen molar-refractivity contribution in [1.82, 2.24) is 0 Å². The number of hydrogen-bond acceptors (Lipinski definition) is 6. The third-order valence-electron chi connectivity index (χ3n) is 4.71. The molecule has 0 aliphatic heterocycles. The van der Waals surface area contributed by atoms with Crippen LogP contribution in [0.1, 0.15) is 51.8 Å². The maximum atomic E-state index is 11.0. The predicted molar refractivity (Wildman–Crippen MR) is 138 cm³/mol. The van der Waals surface area contributed by atoms with Crippen molar-refractivity contribution in [2.45, 2.75) is 20.8 Å². The molecule has 6 heteroatoms. The van der Waals surface area contributed by atoms with Crippen molar-refractivity contribution < 1.29 is 14.4 Å². The molecule has 0 aliphatic rings. The zero-order valence-electron chi connectivity index (χ0n) is 20.2. The molecule has 0 bridgehead atoms. The fourth-order valence-corrected chi connectivity index (χ4v) is 2.77. The summed E-state index contributed by atoms with van der Waals surface area (Å²) in [6, 6.07) is 22.3. The Morgan fingerprint density at radius 1 is 0.545 bits per heavy atom. The van der Waals surface area contributed by atoms with Crippen molar-refractivity contribution in [3.63, 3.8) is 0 Å². The summed E-state index contributed by atoms with van der Waals surface area (Å²) in [5, 5.41) is 8.91. The van der Waals surface area contributed by atoms with E-state index in [4.69, 9.17) is 0 Å². The van der Waals surface area contributed by atoms with Gasteiger partial charge in [0.2, 0.25) is 0 Å². The number of anilines is 3. The lowest BCUT2D eigenvalue weighted by atomic mass is 10.1. The third-order valence-corrected chi connectivity index (χ3v) is 4.71. The second-order valence-electron chi connectivity index (χ2n) is 7.12. The smallest absolute Gasteiger partial charge is 0.161 e. The van der Waals surface area contributed by atoms with E-state index in [0.29, 0.717) is 0 Å². The van der Waals surface area contributed by atoms with E-state index in [9.17, 15) is 14.4 Å². The lowest BCUT2D eigenvalue weighted by Crippen LogP contribution is -1.98. The Morgan fingerprint density at radius 3 is 1.58 bits per heavy atom. The van der Waals surface area contributed by atoms with Crippen LogP contribution in [0.3, 0.4) is 0 Å². The summed E-state index contributed by atoms with van der Waals surface area (Å²) in [5.74, 6) is 0.296. The SMILES string of the molecule is CNc1ccc(C(C)=O)cc1.CNc1cccc(C(C)=O)c1.CNc1ccccc1C(C)=O. The number of nitrogens with one attached hydrogen (secondary N) is 3. The van der Waals surface area contributed by atoms with Crippen LogP contribution in [0.15, 0.2) is 72.8 Å². The monoisotopic (exact) mass is 447 g/mol. The average molecular weight is 448 g/mol.